The number of hydrogen-bond acceptors (Lipinski definition) is 3. The highest BCUT2D eigenvalue weighted by molar-refractivity contribution is 7.07. The second-order valence-electron chi connectivity index (χ2n) is 4.04. The lowest BCUT2D eigenvalue weighted by atomic mass is 10.2. The van der Waals surface area contributed by atoms with Crippen molar-refractivity contribution in [2.24, 2.45) is 0 Å². The lowest BCUT2D eigenvalue weighted by molar-refractivity contribution is 0.300. The van der Waals surface area contributed by atoms with Gasteiger partial charge in [0, 0.05) is 19.1 Å². The molecule has 0 spiro atoms. The maximum Gasteiger partial charge on any atom is 0.0218 e. The SMILES string of the molecule is CN1CCCC1CNCc1ccsc1.Cl. The second kappa shape index (κ2) is 6.48. The van der Waals surface area contributed by atoms with Crippen LogP contribution in [0.1, 0.15) is 18.4 Å². The number of likely N-dealkylation sites (N-methyl/N-ethyl adjacent to an activating group) is 1. The Morgan fingerprint density at radius 3 is 3.07 bits per heavy atom. The van der Waals surface area contributed by atoms with E-state index in [1.165, 1.54) is 24.9 Å². The van der Waals surface area contributed by atoms with E-state index in [-0.39, 0.29) is 12.4 Å². The van der Waals surface area contributed by atoms with Crippen molar-refractivity contribution in [3.8, 4) is 0 Å². The summed E-state index contributed by atoms with van der Waals surface area (Å²) in [4.78, 5) is 2.46. The van der Waals surface area contributed by atoms with Gasteiger partial charge < -0.3 is 10.2 Å². The Kier molecular flexibility index (Phi) is 5.61. The van der Waals surface area contributed by atoms with Gasteiger partial charge in [-0.1, -0.05) is 0 Å². The number of nitrogens with zero attached hydrogens (tertiary/aromatic N) is 1. The Hall–Kier alpha value is -0.0900. The van der Waals surface area contributed by atoms with Crippen LogP contribution in [-0.2, 0) is 6.54 Å². The smallest absolute Gasteiger partial charge is 0.0218 e. The van der Waals surface area contributed by atoms with E-state index in [2.05, 4.69) is 34.1 Å². The van der Waals surface area contributed by atoms with Crippen LogP contribution in [0.2, 0.25) is 0 Å². The third kappa shape index (κ3) is 3.76. The molecular formula is C11H19ClN2S. The molecule has 0 amide bonds. The van der Waals surface area contributed by atoms with Crippen molar-refractivity contribution in [1.82, 2.24) is 10.2 Å². The molecule has 1 N–H and O–H groups in total. The lowest BCUT2D eigenvalue weighted by Gasteiger charge is -2.19. The first-order chi connectivity index (χ1) is 6.86. The van der Waals surface area contributed by atoms with Gasteiger partial charge in [0.2, 0.25) is 0 Å². The van der Waals surface area contributed by atoms with Crippen LogP contribution in [0, 0.1) is 0 Å². The molecule has 15 heavy (non-hydrogen) atoms. The highest BCUT2D eigenvalue weighted by Gasteiger charge is 2.19. The Morgan fingerprint density at radius 2 is 2.47 bits per heavy atom. The van der Waals surface area contributed by atoms with E-state index < -0.39 is 0 Å². The summed E-state index contributed by atoms with van der Waals surface area (Å²) in [6.07, 6.45) is 2.72. The molecule has 0 aliphatic carbocycles. The summed E-state index contributed by atoms with van der Waals surface area (Å²) in [5.41, 5.74) is 1.41. The third-order valence-corrected chi connectivity index (χ3v) is 3.69. The van der Waals surface area contributed by atoms with Crippen molar-refractivity contribution in [2.75, 3.05) is 20.1 Å². The first-order valence-corrected chi connectivity index (χ1v) is 6.22. The quantitative estimate of drug-likeness (QED) is 0.878. The molecule has 1 aliphatic rings. The summed E-state index contributed by atoms with van der Waals surface area (Å²) in [6, 6.07) is 2.95. The highest BCUT2D eigenvalue weighted by atomic mass is 35.5. The zero-order valence-electron chi connectivity index (χ0n) is 9.11. The minimum absolute atomic E-state index is 0. The molecule has 1 saturated heterocycles. The molecule has 1 fully saturated rings. The van der Waals surface area contributed by atoms with Gasteiger partial charge in [-0.3, -0.25) is 0 Å². The molecule has 1 aliphatic heterocycles. The van der Waals surface area contributed by atoms with Gasteiger partial charge in [-0.15, -0.1) is 12.4 Å². The van der Waals surface area contributed by atoms with E-state index in [4.69, 9.17) is 0 Å². The molecule has 2 heterocycles. The number of hydrogen-bond donors (Lipinski definition) is 1. The fourth-order valence-corrected chi connectivity index (χ4v) is 2.68. The predicted octanol–water partition coefficient (Wildman–Crippen LogP) is 2.35. The van der Waals surface area contributed by atoms with Crippen LogP contribution < -0.4 is 5.32 Å². The van der Waals surface area contributed by atoms with Crippen molar-refractivity contribution in [3.05, 3.63) is 22.4 Å². The zero-order chi connectivity index (χ0) is 9.80. The van der Waals surface area contributed by atoms with Crippen molar-refractivity contribution >= 4 is 23.7 Å². The normalized spacial score (nSPS) is 21.5. The zero-order valence-corrected chi connectivity index (χ0v) is 10.7. The van der Waals surface area contributed by atoms with Crippen molar-refractivity contribution in [1.29, 1.82) is 0 Å². The molecule has 86 valence electrons. The van der Waals surface area contributed by atoms with Crippen LogP contribution in [0.25, 0.3) is 0 Å². The highest BCUT2D eigenvalue weighted by Crippen LogP contribution is 2.13. The summed E-state index contributed by atoms with van der Waals surface area (Å²) in [6.45, 7) is 3.42. The fraction of sp³-hybridized carbons (Fsp3) is 0.636. The van der Waals surface area contributed by atoms with Gasteiger partial charge in [0.1, 0.15) is 0 Å². The molecule has 2 nitrogen and oxygen atoms in total. The van der Waals surface area contributed by atoms with E-state index in [1.807, 2.05) is 0 Å². The molecule has 1 aromatic heterocycles. The molecule has 1 atom stereocenters. The molecule has 1 aromatic rings. The van der Waals surface area contributed by atoms with Crippen LogP contribution in [0.4, 0.5) is 0 Å². The molecule has 0 radical (unpaired) electrons. The molecule has 2 rings (SSSR count). The Bertz CT molecular complexity index is 264. The van der Waals surface area contributed by atoms with Gasteiger partial charge >= 0.3 is 0 Å². The van der Waals surface area contributed by atoms with Gasteiger partial charge in [-0.2, -0.15) is 11.3 Å². The van der Waals surface area contributed by atoms with Gasteiger partial charge in [0.15, 0.2) is 0 Å². The number of thiophene rings is 1. The first kappa shape index (κ1) is 13.0. The summed E-state index contributed by atoms with van der Waals surface area (Å²) < 4.78 is 0. The van der Waals surface area contributed by atoms with E-state index in [9.17, 15) is 0 Å². The summed E-state index contributed by atoms with van der Waals surface area (Å²) >= 11 is 1.77. The predicted molar refractivity (Wildman–Crippen MR) is 68.9 cm³/mol. The minimum Gasteiger partial charge on any atom is -0.311 e. The molecular weight excluding hydrogens is 228 g/mol. The summed E-state index contributed by atoms with van der Waals surface area (Å²) in [5.74, 6) is 0. The van der Waals surface area contributed by atoms with Gasteiger partial charge in [0.05, 0.1) is 0 Å². The number of nitrogens with one attached hydrogen (secondary N) is 1. The first-order valence-electron chi connectivity index (χ1n) is 5.28. The average Bonchev–Trinajstić information content (AvgIpc) is 2.78. The minimum atomic E-state index is 0. The lowest BCUT2D eigenvalue weighted by Crippen LogP contribution is -2.35. The van der Waals surface area contributed by atoms with Crippen molar-refractivity contribution in [2.45, 2.75) is 25.4 Å². The second-order valence-corrected chi connectivity index (χ2v) is 4.82. The Labute approximate surface area is 102 Å². The van der Waals surface area contributed by atoms with Gasteiger partial charge in [-0.25, -0.2) is 0 Å². The molecule has 0 aromatic carbocycles. The number of rotatable bonds is 4. The summed E-state index contributed by atoms with van der Waals surface area (Å²) in [5, 5.41) is 7.88. The monoisotopic (exact) mass is 246 g/mol. The number of likely N-dealkylation sites (tertiary alicyclic amines) is 1. The Morgan fingerprint density at radius 1 is 1.60 bits per heavy atom. The van der Waals surface area contributed by atoms with Crippen LogP contribution in [-0.4, -0.2) is 31.1 Å². The van der Waals surface area contributed by atoms with Crippen molar-refractivity contribution < 1.29 is 0 Å². The topological polar surface area (TPSA) is 15.3 Å². The van der Waals surface area contributed by atoms with E-state index in [0.29, 0.717) is 0 Å². The van der Waals surface area contributed by atoms with E-state index >= 15 is 0 Å². The van der Waals surface area contributed by atoms with Crippen LogP contribution in [0.15, 0.2) is 16.8 Å². The van der Waals surface area contributed by atoms with Crippen LogP contribution >= 0.6 is 23.7 Å². The summed E-state index contributed by atoms with van der Waals surface area (Å²) in [7, 11) is 2.23. The average molecular weight is 247 g/mol. The third-order valence-electron chi connectivity index (χ3n) is 2.96. The van der Waals surface area contributed by atoms with Crippen LogP contribution in [0.3, 0.4) is 0 Å². The molecule has 0 bridgehead atoms. The van der Waals surface area contributed by atoms with Gasteiger partial charge in [0.25, 0.3) is 0 Å². The number of halogens is 1. The molecule has 1 unspecified atom stereocenters. The molecule has 4 heteroatoms. The largest absolute Gasteiger partial charge is 0.311 e. The maximum atomic E-state index is 3.53. The maximum absolute atomic E-state index is 3.53. The van der Waals surface area contributed by atoms with Gasteiger partial charge in [-0.05, 0) is 48.8 Å². The van der Waals surface area contributed by atoms with Crippen LogP contribution in [0.5, 0.6) is 0 Å². The standard InChI is InChI=1S/C11H18N2S.ClH/c1-13-5-2-3-11(13)8-12-7-10-4-6-14-9-10;/h4,6,9,11-12H,2-3,5,7-8H2,1H3;1H. The fourth-order valence-electron chi connectivity index (χ4n) is 2.01. The molecule has 0 saturated carbocycles. The Balaban J connectivity index is 0.00000112. The van der Waals surface area contributed by atoms with Crippen molar-refractivity contribution in [3.63, 3.8) is 0 Å². The van der Waals surface area contributed by atoms with E-state index in [0.717, 1.165) is 19.1 Å². The van der Waals surface area contributed by atoms with E-state index in [1.54, 1.807) is 11.3 Å².